The van der Waals surface area contributed by atoms with Gasteiger partial charge in [-0.1, -0.05) is 30.3 Å². The average Bonchev–Trinajstić information content (AvgIpc) is 2.84. The Morgan fingerprint density at radius 1 is 0.879 bits per heavy atom. The first-order valence-electron chi connectivity index (χ1n) is 9.93. The lowest BCUT2D eigenvalue weighted by Crippen LogP contribution is -2.37. The van der Waals surface area contributed by atoms with E-state index in [1.165, 1.54) is 30.5 Å². The Hall–Kier alpha value is -4.53. The van der Waals surface area contributed by atoms with Gasteiger partial charge in [0.15, 0.2) is 6.61 Å². The molecule has 0 fully saturated rings. The van der Waals surface area contributed by atoms with Gasteiger partial charge < -0.3 is 15.4 Å². The molecule has 0 heterocycles. The van der Waals surface area contributed by atoms with Crippen molar-refractivity contribution in [3.63, 3.8) is 0 Å². The van der Waals surface area contributed by atoms with Gasteiger partial charge in [-0.25, -0.2) is 9.82 Å². The third-order valence-corrected chi connectivity index (χ3v) is 4.26. The summed E-state index contributed by atoms with van der Waals surface area (Å²) >= 11 is 0. The minimum absolute atomic E-state index is 0.223. The molecule has 3 rings (SSSR count). The number of carbonyl (C=O) groups excluding carboxylic acids is 3. The van der Waals surface area contributed by atoms with Gasteiger partial charge in [0.1, 0.15) is 11.6 Å². The van der Waals surface area contributed by atoms with E-state index in [1.54, 1.807) is 24.3 Å². The van der Waals surface area contributed by atoms with E-state index in [0.29, 0.717) is 17.0 Å². The summed E-state index contributed by atoms with van der Waals surface area (Å²) < 4.78 is 18.3. The van der Waals surface area contributed by atoms with Gasteiger partial charge in [0, 0.05) is 12.2 Å². The molecule has 168 valence electrons. The Kier molecular flexibility index (Phi) is 8.24. The van der Waals surface area contributed by atoms with Crippen LogP contribution >= 0.6 is 0 Å². The first kappa shape index (κ1) is 23.1. The van der Waals surface area contributed by atoms with Gasteiger partial charge in [-0.3, -0.25) is 14.4 Å². The zero-order valence-electron chi connectivity index (χ0n) is 17.5. The van der Waals surface area contributed by atoms with Crippen molar-refractivity contribution in [1.82, 2.24) is 10.7 Å². The second kappa shape index (κ2) is 11.8. The van der Waals surface area contributed by atoms with Gasteiger partial charge in [-0.2, -0.15) is 5.10 Å². The molecule has 0 spiro atoms. The van der Waals surface area contributed by atoms with Crippen molar-refractivity contribution in [3.05, 3.63) is 95.8 Å². The summed E-state index contributed by atoms with van der Waals surface area (Å²) in [5.74, 6) is -2.00. The second-order valence-electron chi connectivity index (χ2n) is 6.78. The minimum atomic E-state index is -0.880. The van der Waals surface area contributed by atoms with Crippen LogP contribution in [0, 0.1) is 5.82 Å². The molecule has 3 N–H and O–H groups in total. The molecule has 0 radical (unpaired) electrons. The van der Waals surface area contributed by atoms with Crippen LogP contribution in [0.5, 0.6) is 5.75 Å². The zero-order valence-corrected chi connectivity index (χ0v) is 17.5. The van der Waals surface area contributed by atoms with Crippen molar-refractivity contribution in [3.8, 4) is 5.75 Å². The van der Waals surface area contributed by atoms with E-state index in [9.17, 15) is 18.8 Å². The lowest BCUT2D eigenvalue weighted by Gasteiger charge is -2.07. The lowest BCUT2D eigenvalue weighted by molar-refractivity contribution is -0.139. The second-order valence-corrected chi connectivity index (χ2v) is 6.78. The van der Waals surface area contributed by atoms with Crippen LogP contribution in [0.1, 0.15) is 11.1 Å². The molecule has 9 heteroatoms. The first-order chi connectivity index (χ1) is 16.0. The van der Waals surface area contributed by atoms with Crippen LogP contribution in [0.3, 0.4) is 0 Å². The number of hydrazone groups is 1. The summed E-state index contributed by atoms with van der Waals surface area (Å²) in [7, 11) is 0. The van der Waals surface area contributed by atoms with E-state index >= 15 is 0 Å². The Bertz CT molecular complexity index is 1120. The quantitative estimate of drug-likeness (QED) is 0.280. The smallest absolute Gasteiger partial charge is 0.329 e. The van der Waals surface area contributed by atoms with Crippen molar-refractivity contribution < 1.29 is 23.5 Å². The predicted molar refractivity (Wildman–Crippen MR) is 121 cm³/mol. The number of hydrogen-bond donors (Lipinski definition) is 3. The summed E-state index contributed by atoms with van der Waals surface area (Å²) in [5, 5.41) is 8.85. The highest BCUT2D eigenvalue weighted by atomic mass is 19.1. The Morgan fingerprint density at radius 2 is 1.58 bits per heavy atom. The molecule has 0 atom stereocenters. The molecule has 0 aliphatic rings. The number of benzene rings is 3. The van der Waals surface area contributed by atoms with Crippen LogP contribution in [0.25, 0.3) is 0 Å². The maximum absolute atomic E-state index is 12.9. The SMILES string of the molecule is O=C(COc1ccc(/C=N\NC(=O)C(=O)NCc2ccccc2)cc1)Nc1ccc(F)cc1. The number of halogens is 1. The summed E-state index contributed by atoms with van der Waals surface area (Å²) in [6, 6.07) is 21.2. The fourth-order valence-corrected chi connectivity index (χ4v) is 2.60. The summed E-state index contributed by atoms with van der Waals surface area (Å²) in [6.07, 6.45) is 1.37. The van der Waals surface area contributed by atoms with Crippen LogP contribution in [0.2, 0.25) is 0 Å². The molecule has 0 aliphatic heterocycles. The fourth-order valence-electron chi connectivity index (χ4n) is 2.60. The van der Waals surface area contributed by atoms with Gasteiger partial charge in [0.05, 0.1) is 6.21 Å². The maximum Gasteiger partial charge on any atom is 0.329 e. The van der Waals surface area contributed by atoms with Crippen molar-refractivity contribution >= 4 is 29.6 Å². The van der Waals surface area contributed by atoms with Gasteiger partial charge in [-0.05, 0) is 59.7 Å². The van der Waals surface area contributed by atoms with E-state index in [0.717, 1.165) is 5.56 Å². The van der Waals surface area contributed by atoms with E-state index in [1.807, 2.05) is 30.3 Å². The molecule has 0 saturated carbocycles. The monoisotopic (exact) mass is 448 g/mol. The van der Waals surface area contributed by atoms with Crippen molar-refractivity contribution in [2.45, 2.75) is 6.54 Å². The highest BCUT2D eigenvalue weighted by Gasteiger charge is 2.11. The number of nitrogens with zero attached hydrogens (tertiary/aromatic N) is 1. The summed E-state index contributed by atoms with van der Waals surface area (Å²) in [4.78, 5) is 35.5. The minimum Gasteiger partial charge on any atom is -0.484 e. The molecule has 0 bridgehead atoms. The van der Waals surface area contributed by atoms with Gasteiger partial charge in [-0.15, -0.1) is 0 Å². The van der Waals surface area contributed by atoms with Gasteiger partial charge >= 0.3 is 11.8 Å². The Labute approximate surface area is 189 Å². The predicted octanol–water partition coefficient (Wildman–Crippen LogP) is 2.61. The molecular formula is C24H21FN4O4. The van der Waals surface area contributed by atoms with Crippen LogP contribution in [-0.2, 0) is 20.9 Å². The third kappa shape index (κ3) is 7.91. The molecular weight excluding hydrogens is 427 g/mol. The number of nitrogens with one attached hydrogen (secondary N) is 3. The molecule has 3 aromatic rings. The van der Waals surface area contributed by atoms with Gasteiger partial charge in [0.25, 0.3) is 5.91 Å². The topological polar surface area (TPSA) is 109 Å². The van der Waals surface area contributed by atoms with Crippen molar-refractivity contribution in [2.75, 3.05) is 11.9 Å². The van der Waals surface area contributed by atoms with Crippen LogP contribution < -0.4 is 20.8 Å². The molecule has 33 heavy (non-hydrogen) atoms. The number of ether oxygens (including phenoxy) is 1. The number of amides is 3. The number of anilines is 1. The lowest BCUT2D eigenvalue weighted by atomic mass is 10.2. The van der Waals surface area contributed by atoms with E-state index in [2.05, 4.69) is 21.2 Å². The Balaban J connectivity index is 1.39. The Morgan fingerprint density at radius 3 is 2.27 bits per heavy atom. The largest absolute Gasteiger partial charge is 0.484 e. The number of rotatable bonds is 8. The van der Waals surface area contributed by atoms with Crippen molar-refractivity contribution in [2.24, 2.45) is 5.10 Å². The molecule has 8 nitrogen and oxygen atoms in total. The maximum atomic E-state index is 12.9. The molecule has 3 amide bonds. The number of carbonyl (C=O) groups is 3. The molecule has 0 aromatic heterocycles. The zero-order chi connectivity index (χ0) is 23.5. The number of hydrogen-bond acceptors (Lipinski definition) is 5. The van der Waals surface area contributed by atoms with Gasteiger partial charge in [0.2, 0.25) is 0 Å². The van der Waals surface area contributed by atoms with E-state index < -0.39 is 17.6 Å². The van der Waals surface area contributed by atoms with Crippen LogP contribution in [-0.4, -0.2) is 30.5 Å². The summed E-state index contributed by atoms with van der Waals surface area (Å²) in [6.45, 7) is 0.0131. The summed E-state index contributed by atoms with van der Waals surface area (Å²) in [5.41, 5.74) is 4.14. The highest BCUT2D eigenvalue weighted by Crippen LogP contribution is 2.12. The normalized spacial score (nSPS) is 10.5. The van der Waals surface area contributed by atoms with Crippen molar-refractivity contribution in [1.29, 1.82) is 0 Å². The fraction of sp³-hybridized carbons (Fsp3) is 0.0833. The van der Waals surface area contributed by atoms with Crippen LogP contribution in [0.4, 0.5) is 10.1 Å². The first-order valence-corrected chi connectivity index (χ1v) is 9.93. The molecule has 3 aromatic carbocycles. The molecule has 0 unspecified atom stereocenters. The van der Waals surface area contributed by atoms with E-state index in [4.69, 9.17) is 4.74 Å². The standard InChI is InChI=1S/C24H21FN4O4/c25-19-8-10-20(11-9-19)28-22(30)16-33-21-12-6-18(7-13-21)15-27-29-24(32)23(31)26-14-17-4-2-1-3-5-17/h1-13,15H,14,16H2,(H,26,31)(H,28,30)(H,29,32)/b27-15-. The van der Waals surface area contributed by atoms with E-state index in [-0.39, 0.29) is 19.1 Å². The average molecular weight is 448 g/mol. The third-order valence-electron chi connectivity index (χ3n) is 4.26. The highest BCUT2D eigenvalue weighted by molar-refractivity contribution is 6.35. The van der Waals surface area contributed by atoms with Crippen LogP contribution in [0.15, 0.2) is 84.0 Å². The molecule has 0 aliphatic carbocycles. The molecule has 0 saturated heterocycles.